The van der Waals surface area contributed by atoms with E-state index < -0.39 is 5.41 Å². The Balaban J connectivity index is 1.26. The minimum atomic E-state index is -0.520. The predicted octanol–water partition coefficient (Wildman–Crippen LogP) is 15.1. The number of fused-ring (bicyclic) bond motifs is 17. The van der Waals surface area contributed by atoms with Crippen molar-refractivity contribution in [3.05, 3.63) is 229 Å². The lowest BCUT2D eigenvalue weighted by atomic mass is 9.68. The van der Waals surface area contributed by atoms with Crippen LogP contribution in [0.2, 0.25) is 0 Å². The first-order valence-electron chi connectivity index (χ1n) is 20.0. The Bertz CT molecular complexity index is 3480. The molecule has 0 radical (unpaired) electrons. The van der Waals surface area contributed by atoms with Gasteiger partial charge in [-0.3, -0.25) is 0 Å². The van der Waals surface area contributed by atoms with Gasteiger partial charge in [-0.2, -0.15) is 0 Å². The van der Waals surface area contributed by atoms with Crippen LogP contribution < -0.4 is 0 Å². The van der Waals surface area contributed by atoms with Gasteiger partial charge in [-0.25, -0.2) is 0 Å². The first kappa shape index (κ1) is 31.0. The SMILES string of the molecule is c1ccc2c(c1)-c1ccccc1C21c2cc(-c3c4ccccc4cc4c3ccc3ccccc34)cc(-c3ccc4ccccc4c3)c2-c2ccc3ccccc3c21. The van der Waals surface area contributed by atoms with Crippen molar-refractivity contribution in [2.24, 2.45) is 0 Å². The lowest BCUT2D eigenvalue weighted by Crippen LogP contribution is -2.26. The zero-order valence-corrected chi connectivity index (χ0v) is 31.1. The van der Waals surface area contributed by atoms with Crippen molar-refractivity contribution in [2.75, 3.05) is 0 Å². The molecule has 0 nitrogen and oxygen atoms in total. The van der Waals surface area contributed by atoms with Gasteiger partial charge in [0.2, 0.25) is 0 Å². The Morgan fingerprint density at radius 1 is 0.246 bits per heavy atom. The van der Waals surface area contributed by atoms with Crippen molar-refractivity contribution in [3.63, 3.8) is 0 Å². The number of hydrogen-bond acceptors (Lipinski definition) is 0. The molecule has 0 saturated carbocycles. The highest BCUT2D eigenvalue weighted by atomic mass is 14.5. The fraction of sp³-hybridized carbons (Fsp3) is 0.0175. The maximum absolute atomic E-state index is 2.59. The molecule has 11 aromatic carbocycles. The third-order valence-corrected chi connectivity index (χ3v) is 13.2. The third-order valence-electron chi connectivity index (χ3n) is 13.2. The maximum Gasteiger partial charge on any atom is 0.0731 e. The molecule has 2 aliphatic rings. The monoisotopic (exact) mass is 718 g/mol. The van der Waals surface area contributed by atoms with Gasteiger partial charge in [0.1, 0.15) is 0 Å². The molecule has 0 aromatic heterocycles. The van der Waals surface area contributed by atoms with Crippen LogP contribution in [0.1, 0.15) is 22.3 Å². The van der Waals surface area contributed by atoms with E-state index in [2.05, 4.69) is 206 Å². The second kappa shape index (κ2) is 11.4. The summed E-state index contributed by atoms with van der Waals surface area (Å²) in [4.78, 5) is 0. The van der Waals surface area contributed by atoms with Gasteiger partial charge >= 0.3 is 0 Å². The zero-order chi connectivity index (χ0) is 37.2. The third kappa shape index (κ3) is 4.07. The van der Waals surface area contributed by atoms with Crippen LogP contribution in [0.5, 0.6) is 0 Å². The van der Waals surface area contributed by atoms with Crippen LogP contribution in [-0.2, 0) is 5.41 Å². The number of hydrogen-bond donors (Lipinski definition) is 0. The van der Waals surface area contributed by atoms with Crippen molar-refractivity contribution in [1.29, 1.82) is 0 Å². The summed E-state index contributed by atoms with van der Waals surface area (Å²) in [6.07, 6.45) is 0. The smallest absolute Gasteiger partial charge is 0.0619 e. The van der Waals surface area contributed by atoms with Crippen LogP contribution in [0.15, 0.2) is 206 Å². The summed E-state index contributed by atoms with van der Waals surface area (Å²) in [6, 6.07) is 77.9. The second-order valence-corrected chi connectivity index (χ2v) is 15.9. The molecule has 57 heavy (non-hydrogen) atoms. The Morgan fingerprint density at radius 2 is 0.825 bits per heavy atom. The molecule has 0 unspecified atom stereocenters. The van der Waals surface area contributed by atoms with Crippen LogP contribution in [-0.4, -0.2) is 0 Å². The standard InChI is InChI=1S/C57H34/c1-2-16-38-31-40(26-25-35(38)13-1)49-33-41(54-43-19-7-5-17-39(43)32-50-42-18-6-3-14-36(42)27-29-47(50)54)34-53-55(49)48-30-28-37-15-4-8-20-44(37)56(48)57(53)51-23-11-9-21-45(51)46-22-10-12-24-52(46)57/h1-34H. The minimum Gasteiger partial charge on any atom is -0.0619 e. The first-order valence-corrected chi connectivity index (χ1v) is 20.0. The van der Waals surface area contributed by atoms with Crippen molar-refractivity contribution in [2.45, 2.75) is 5.41 Å². The molecule has 0 heteroatoms. The summed E-state index contributed by atoms with van der Waals surface area (Å²) in [7, 11) is 0. The van der Waals surface area contributed by atoms with Crippen LogP contribution >= 0.6 is 0 Å². The molecule has 0 saturated heterocycles. The van der Waals surface area contributed by atoms with Gasteiger partial charge in [-0.1, -0.05) is 182 Å². The summed E-state index contributed by atoms with van der Waals surface area (Å²) >= 11 is 0. The molecule has 0 heterocycles. The molecule has 11 aromatic rings. The molecular formula is C57H34. The average Bonchev–Trinajstić information content (AvgIpc) is 3.75. The van der Waals surface area contributed by atoms with E-state index in [-0.39, 0.29) is 0 Å². The van der Waals surface area contributed by atoms with Gasteiger partial charge in [0.15, 0.2) is 0 Å². The lowest BCUT2D eigenvalue weighted by molar-refractivity contribution is 0.802. The summed E-state index contributed by atoms with van der Waals surface area (Å²) in [5.74, 6) is 0. The van der Waals surface area contributed by atoms with Gasteiger partial charge in [-0.05, 0) is 145 Å². The predicted molar refractivity (Wildman–Crippen MR) is 241 cm³/mol. The Kier molecular flexibility index (Phi) is 6.19. The van der Waals surface area contributed by atoms with E-state index in [1.165, 1.54) is 121 Å². The molecule has 0 atom stereocenters. The molecule has 0 aliphatic heterocycles. The minimum absolute atomic E-state index is 0.520. The highest BCUT2D eigenvalue weighted by Gasteiger charge is 2.53. The fourth-order valence-electron chi connectivity index (χ4n) is 10.9. The van der Waals surface area contributed by atoms with E-state index in [1.54, 1.807) is 0 Å². The largest absolute Gasteiger partial charge is 0.0731 e. The number of rotatable bonds is 2. The molecular weight excluding hydrogens is 685 g/mol. The average molecular weight is 719 g/mol. The molecule has 0 amide bonds. The van der Waals surface area contributed by atoms with Gasteiger partial charge in [0.25, 0.3) is 0 Å². The Hall–Kier alpha value is -7.28. The molecule has 0 N–H and O–H groups in total. The Morgan fingerprint density at radius 3 is 1.60 bits per heavy atom. The van der Waals surface area contributed by atoms with Gasteiger partial charge in [-0.15, -0.1) is 0 Å². The topological polar surface area (TPSA) is 0 Å². The van der Waals surface area contributed by atoms with Gasteiger partial charge < -0.3 is 0 Å². The molecule has 0 bridgehead atoms. The van der Waals surface area contributed by atoms with Gasteiger partial charge in [0, 0.05) is 0 Å². The normalized spacial score (nSPS) is 13.4. The van der Waals surface area contributed by atoms with E-state index >= 15 is 0 Å². The van der Waals surface area contributed by atoms with Crippen LogP contribution in [0.4, 0.5) is 0 Å². The Labute approximate surface area is 330 Å². The van der Waals surface area contributed by atoms with Crippen molar-refractivity contribution in [3.8, 4) is 44.5 Å². The molecule has 262 valence electrons. The van der Waals surface area contributed by atoms with Crippen molar-refractivity contribution in [1.82, 2.24) is 0 Å². The zero-order valence-electron chi connectivity index (χ0n) is 31.1. The first-order chi connectivity index (χ1) is 28.3. The molecule has 2 aliphatic carbocycles. The summed E-state index contributed by atoms with van der Waals surface area (Å²) < 4.78 is 0. The van der Waals surface area contributed by atoms with Gasteiger partial charge in [0.05, 0.1) is 5.41 Å². The molecule has 13 rings (SSSR count). The lowest BCUT2D eigenvalue weighted by Gasteiger charge is -2.32. The van der Waals surface area contributed by atoms with E-state index in [0.29, 0.717) is 0 Å². The highest BCUT2D eigenvalue weighted by Crippen LogP contribution is 2.66. The fourth-order valence-corrected chi connectivity index (χ4v) is 10.9. The van der Waals surface area contributed by atoms with E-state index in [0.717, 1.165) is 0 Å². The highest BCUT2D eigenvalue weighted by molar-refractivity contribution is 6.21. The quantitative estimate of drug-likeness (QED) is 0.123. The summed E-state index contributed by atoms with van der Waals surface area (Å²) in [5, 5.41) is 12.7. The van der Waals surface area contributed by atoms with Crippen molar-refractivity contribution >= 4 is 53.9 Å². The van der Waals surface area contributed by atoms with Crippen LogP contribution in [0.25, 0.3) is 98.4 Å². The maximum atomic E-state index is 2.59. The second-order valence-electron chi connectivity index (χ2n) is 15.9. The van der Waals surface area contributed by atoms with E-state index in [4.69, 9.17) is 0 Å². The van der Waals surface area contributed by atoms with E-state index in [9.17, 15) is 0 Å². The van der Waals surface area contributed by atoms with E-state index in [1.807, 2.05) is 0 Å². The van der Waals surface area contributed by atoms with Crippen LogP contribution in [0, 0.1) is 0 Å². The molecule has 1 spiro atoms. The number of benzene rings is 11. The van der Waals surface area contributed by atoms with Crippen molar-refractivity contribution < 1.29 is 0 Å². The summed E-state index contributed by atoms with van der Waals surface area (Å²) in [5.41, 5.74) is 15.3. The van der Waals surface area contributed by atoms with Crippen LogP contribution in [0.3, 0.4) is 0 Å². The summed E-state index contributed by atoms with van der Waals surface area (Å²) in [6.45, 7) is 0. The molecule has 0 fully saturated rings.